The van der Waals surface area contributed by atoms with Crippen LogP contribution < -0.4 is 15.4 Å². The smallest absolute Gasteiger partial charge is 0.390 e. The van der Waals surface area contributed by atoms with E-state index in [9.17, 15) is 18.3 Å². The normalized spacial score (nSPS) is 13.0. The van der Waals surface area contributed by atoms with E-state index in [0.717, 1.165) is 0 Å². The van der Waals surface area contributed by atoms with Gasteiger partial charge in [-0.2, -0.15) is 13.2 Å². The third-order valence-electron chi connectivity index (χ3n) is 2.95. The number of alkyl halides is 3. The van der Waals surface area contributed by atoms with Gasteiger partial charge in [0, 0.05) is 13.1 Å². The third kappa shape index (κ3) is 9.16. The molecule has 0 aliphatic heterocycles. The lowest BCUT2D eigenvalue weighted by Gasteiger charge is -2.14. The minimum absolute atomic E-state index is 0. The van der Waals surface area contributed by atoms with E-state index in [1.807, 2.05) is 0 Å². The molecule has 3 N–H and O–H groups in total. The number of nitrogens with one attached hydrogen (secondary N) is 2. The maximum atomic E-state index is 12.1. The highest BCUT2D eigenvalue weighted by molar-refractivity contribution is 14.0. The largest absolute Gasteiger partial charge is 0.497 e. The standard InChI is InChI=1S/C15H22F3N3O2.HI/c1-3-19-14(20-8-7-15(16,17)18)21-10-13(22)11-5-4-6-12(9-11)23-2;/h4-6,9,13,22H,3,7-8,10H2,1-2H3,(H2,19,20,21);1H. The summed E-state index contributed by atoms with van der Waals surface area (Å²) in [6.07, 6.45) is -6.04. The number of rotatable bonds is 7. The molecule has 0 bridgehead atoms. The summed E-state index contributed by atoms with van der Waals surface area (Å²) < 4.78 is 41.5. The Morgan fingerprint density at radius 3 is 2.62 bits per heavy atom. The quantitative estimate of drug-likeness (QED) is 0.332. The Labute approximate surface area is 156 Å². The number of aliphatic imine (C=N–C) groups is 1. The number of guanidine groups is 1. The number of hydrogen-bond acceptors (Lipinski definition) is 3. The van der Waals surface area contributed by atoms with E-state index in [1.54, 1.807) is 31.2 Å². The van der Waals surface area contributed by atoms with Crippen LogP contribution in [-0.2, 0) is 0 Å². The molecule has 0 aliphatic carbocycles. The molecule has 1 rings (SSSR count). The molecule has 24 heavy (non-hydrogen) atoms. The van der Waals surface area contributed by atoms with Gasteiger partial charge >= 0.3 is 6.18 Å². The number of hydrogen-bond donors (Lipinski definition) is 3. The summed E-state index contributed by atoms with van der Waals surface area (Å²) in [5.41, 5.74) is 0.624. The van der Waals surface area contributed by atoms with Crippen molar-refractivity contribution < 1.29 is 23.0 Å². The van der Waals surface area contributed by atoms with Crippen molar-refractivity contribution in [2.24, 2.45) is 4.99 Å². The van der Waals surface area contributed by atoms with Crippen LogP contribution in [0.1, 0.15) is 25.0 Å². The van der Waals surface area contributed by atoms with E-state index in [1.165, 1.54) is 7.11 Å². The summed E-state index contributed by atoms with van der Waals surface area (Å²) in [6.45, 7) is 2.06. The minimum atomic E-state index is -4.22. The second kappa shape index (κ2) is 11.3. The van der Waals surface area contributed by atoms with E-state index in [2.05, 4.69) is 15.6 Å². The zero-order chi connectivity index (χ0) is 17.3. The topological polar surface area (TPSA) is 65.9 Å². The van der Waals surface area contributed by atoms with Crippen molar-refractivity contribution >= 4 is 29.9 Å². The van der Waals surface area contributed by atoms with Gasteiger partial charge in [0.25, 0.3) is 0 Å². The Bertz CT molecular complexity index is 513. The molecule has 0 amide bonds. The van der Waals surface area contributed by atoms with E-state index in [0.29, 0.717) is 17.9 Å². The van der Waals surface area contributed by atoms with Crippen LogP contribution in [0.5, 0.6) is 5.75 Å². The Balaban J connectivity index is 0.00000529. The highest BCUT2D eigenvalue weighted by Gasteiger charge is 2.26. The number of benzene rings is 1. The number of aliphatic hydroxyl groups is 1. The van der Waals surface area contributed by atoms with Crippen molar-refractivity contribution in [3.8, 4) is 5.75 Å². The molecular weight excluding hydrogens is 438 g/mol. The molecule has 0 aromatic heterocycles. The first kappa shape index (κ1) is 22.8. The average Bonchev–Trinajstić information content (AvgIpc) is 2.51. The Hall–Kier alpha value is -1.23. The van der Waals surface area contributed by atoms with Crippen LogP contribution in [0.4, 0.5) is 13.2 Å². The first-order valence-corrected chi connectivity index (χ1v) is 7.26. The van der Waals surface area contributed by atoms with Crippen molar-refractivity contribution in [1.82, 2.24) is 10.6 Å². The monoisotopic (exact) mass is 461 g/mol. The van der Waals surface area contributed by atoms with Gasteiger partial charge in [-0.25, -0.2) is 0 Å². The lowest BCUT2D eigenvalue weighted by atomic mass is 10.1. The number of halogens is 4. The Morgan fingerprint density at radius 2 is 2.04 bits per heavy atom. The van der Waals surface area contributed by atoms with Crippen molar-refractivity contribution in [1.29, 1.82) is 0 Å². The molecule has 1 aromatic rings. The molecule has 9 heteroatoms. The molecule has 1 atom stereocenters. The van der Waals surface area contributed by atoms with Crippen molar-refractivity contribution in [2.45, 2.75) is 25.6 Å². The summed E-state index contributed by atoms with van der Waals surface area (Å²) in [4.78, 5) is 4.10. The molecule has 0 fully saturated rings. The molecule has 0 saturated carbocycles. The van der Waals surface area contributed by atoms with Crippen molar-refractivity contribution in [2.75, 3.05) is 26.7 Å². The van der Waals surface area contributed by atoms with Crippen LogP contribution in [-0.4, -0.2) is 44.0 Å². The number of methoxy groups -OCH3 is 1. The van der Waals surface area contributed by atoms with E-state index in [4.69, 9.17) is 4.74 Å². The fourth-order valence-electron chi connectivity index (χ4n) is 1.80. The molecule has 138 valence electrons. The number of aliphatic hydroxyl groups excluding tert-OH is 1. The number of nitrogens with zero attached hydrogens (tertiary/aromatic N) is 1. The zero-order valence-corrected chi connectivity index (χ0v) is 15.9. The van der Waals surface area contributed by atoms with Crippen LogP contribution in [0.25, 0.3) is 0 Å². The van der Waals surface area contributed by atoms with Crippen LogP contribution in [0.3, 0.4) is 0 Å². The van der Waals surface area contributed by atoms with E-state index < -0.39 is 18.7 Å². The van der Waals surface area contributed by atoms with Crippen molar-refractivity contribution in [3.05, 3.63) is 29.8 Å². The van der Waals surface area contributed by atoms with Gasteiger partial charge in [0.15, 0.2) is 5.96 Å². The maximum Gasteiger partial charge on any atom is 0.390 e. The lowest BCUT2D eigenvalue weighted by molar-refractivity contribution is -0.132. The zero-order valence-electron chi connectivity index (χ0n) is 13.6. The molecular formula is C15H23F3IN3O2. The van der Waals surface area contributed by atoms with Gasteiger partial charge < -0.3 is 20.5 Å². The molecule has 1 aromatic carbocycles. The molecule has 0 saturated heterocycles. The average molecular weight is 461 g/mol. The fourth-order valence-corrected chi connectivity index (χ4v) is 1.80. The number of ether oxygens (including phenoxy) is 1. The maximum absolute atomic E-state index is 12.1. The van der Waals surface area contributed by atoms with Crippen LogP contribution in [0, 0.1) is 0 Å². The summed E-state index contributed by atoms with van der Waals surface area (Å²) in [7, 11) is 1.53. The summed E-state index contributed by atoms with van der Waals surface area (Å²) in [5, 5.41) is 15.5. The molecule has 0 radical (unpaired) electrons. The van der Waals surface area contributed by atoms with Crippen molar-refractivity contribution in [3.63, 3.8) is 0 Å². The highest BCUT2D eigenvalue weighted by Crippen LogP contribution is 2.19. The van der Waals surface area contributed by atoms with Gasteiger partial charge in [-0.1, -0.05) is 12.1 Å². The fraction of sp³-hybridized carbons (Fsp3) is 0.533. The molecule has 0 heterocycles. The first-order chi connectivity index (χ1) is 10.9. The van der Waals surface area contributed by atoms with Gasteiger partial charge in [0.1, 0.15) is 5.75 Å². The van der Waals surface area contributed by atoms with E-state index >= 15 is 0 Å². The van der Waals surface area contributed by atoms with Gasteiger partial charge in [-0.05, 0) is 24.6 Å². The van der Waals surface area contributed by atoms with Crippen LogP contribution >= 0.6 is 24.0 Å². The second-order valence-corrected chi connectivity index (χ2v) is 4.80. The van der Waals surface area contributed by atoms with E-state index in [-0.39, 0.29) is 43.0 Å². The van der Waals surface area contributed by atoms with Gasteiger partial charge in [0.05, 0.1) is 26.2 Å². The van der Waals surface area contributed by atoms with Gasteiger partial charge in [-0.3, -0.25) is 4.99 Å². The predicted molar refractivity (Wildman–Crippen MR) is 98.0 cm³/mol. The predicted octanol–water partition coefficient (Wildman–Crippen LogP) is 2.85. The van der Waals surface area contributed by atoms with Crippen LogP contribution in [0.2, 0.25) is 0 Å². The van der Waals surface area contributed by atoms with Gasteiger partial charge in [-0.15, -0.1) is 24.0 Å². The van der Waals surface area contributed by atoms with Crippen LogP contribution in [0.15, 0.2) is 29.3 Å². The second-order valence-electron chi connectivity index (χ2n) is 4.80. The van der Waals surface area contributed by atoms with Gasteiger partial charge in [0.2, 0.25) is 0 Å². The Morgan fingerprint density at radius 1 is 1.33 bits per heavy atom. The SMILES string of the molecule is CCNC(=NCC(O)c1cccc(OC)c1)NCCC(F)(F)F.I. The summed E-state index contributed by atoms with van der Waals surface area (Å²) >= 11 is 0. The minimum Gasteiger partial charge on any atom is -0.497 e. The molecule has 0 aliphatic rings. The third-order valence-corrected chi connectivity index (χ3v) is 2.95. The first-order valence-electron chi connectivity index (χ1n) is 7.26. The molecule has 0 spiro atoms. The molecule has 1 unspecified atom stereocenters. The lowest BCUT2D eigenvalue weighted by Crippen LogP contribution is -2.39. The highest BCUT2D eigenvalue weighted by atomic mass is 127. The Kier molecular flexibility index (Phi) is 10.8. The summed E-state index contributed by atoms with van der Waals surface area (Å²) in [5.74, 6) is 0.847. The summed E-state index contributed by atoms with van der Waals surface area (Å²) in [6, 6.07) is 6.91. The molecule has 5 nitrogen and oxygen atoms in total.